The van der Waals surface area contributed by atoms with E-state index in [2.05, 4.69) is 25.4 Å². The molecule has 3 aromatic heterocycles. The number of nitrogens with one attached hydrogen (secondary N) is 2. The molecule has 0 bridgehead atoms. The summed E-state index contributed by atoms with van der Waals surface area (Å²) in [4.78, 5) is 15.9. The Hall–Kier alpha value is -3.72. The van der Waals surface area contributed by atoms with Crippen LogP contribution in [0, 0.1) is 0 Å². The number of hydrogen-bond acceptors (Lipinski definition) is 8. The summed E-state index contributed by atoms with van der Waals surface area (Å²) in [5, 5.41) is 11.5. The van der Waals surface area contributed by atoms with Crippen LogP contribution in [0.5, 0.6) is 0 Å². The van der Waals surface area contributed by atoms with Gasteiger partial charge < -0.3 is 20.7 Å². The molecule has 0 saturated carbocycles. The van der Waals surface area contributed by atoms with Crippen LogP contribution in [0.4, 0.5) is 23.3 Å². The number of H-pyrrole nitrogens is 1. The zero-order chi connectivity index (χ0) is 19.6. The molecule has 0 atom stereocenters. The summed E-state index contributed by atoms with van der Waals surface area (Å²) in [7, 11) is 0. The van der Waals surface area contributed by atoms with Gasteiger partial charge >= 0.3 is 0 Å². The molecule has 0 aliphatic carbocycles. The quantitative estimate of drug-likeness (QED) is 0.488. The normalized spacial score (nSPS) is 14.3. The lowest BCUT2D eigenvalue weighted by Crippen LogP contribution is -2.37. The average Bonchev–Trinajstić information content (AvgIpc) is 3.25. The maximum Gasteiger partial charge on any atom is 0.228 e. The zero-order valence-electron chi connectivity index (χ0n) is 15.7. The van der Waals surface area contributed by atoms with Crippen molar-refractivity contribution in [1.82, 2.24) is 25.1 Å². The fraction of sp³-hybridized carbons (Fsp3) is 0.200. The van der Waals surface area contributed by atoms with Gasteiger partial charge in [0.1, 0.15) is 11.6 Å². The van der Waals surface area contributed by atoms with Crippen molar-refractivity contribution in [3.05, 3.63) is 48.8 Å². The lowest BCUT2D eigenvalue weighted by molar-refractivity contribution is 0.122. The second kappa shape index (κ2) is 7.36. The highest BCUT2D eigenvalue weighted by molar-refractivity contribution is 5.92. The van der Waals surface area contributed by atoms with Crippen LogP contribution in [0.2, 0.25) is 0 Å². The minimum atomic E-state index is 0.473. The van der Waals surface area contributed by atoms with Crippen molar-refractivity contribution in [1.29, 1.82) is 0 Å². The molecule has 4 aromatic rings. The first-order valence-corrected chi connectivity index (χ1v) is 9.39. The maximum atomic E-state index is 5.74. The van der Waals surface area contributed by atoms with Crippen molar-refractivity contribution >= 4 is 34.2 Å². The summed E-state index contributed by atoms with van der Waals surface area (Å²) in [6, 6.07) is 11.5. The highest BCUT2D eigenvalue weighted by Gasteiger charge is 2.17. The number of nitrogens with zero attached hydrogens (tertiary/aromatic N) is 5. The Balaban J connectivity index is 1.57. The number of aromatic nitrogens is 5. The molecule has 9 nitrogen and oxygen atoms in total. The highest BCUT2D eigenvalue weighted by Crippen LogP contribution is 2.28. The number of anilines is 4. The number of pyridine rings is 1. The molecule has 1 aliphatic heterocycles. The van der Waals surface area contributed by atoms with E-state index < -0.39 is 0 Å². The molecule has 0 unspecified atom stereocenters. The molecule has 1 saturated heterocycles. The van der Waals surface area contributed by atoms with Gasteiger partial charge in [0.05, 0.1) is 36.3 Å². The third kappa shape index (κ3) is 3.55. The van der Waals surface area contributed by atoms with Crippen molar-refractivity contribution in [2.24, 2.45) is 0 Å². The third-order valence-corrected chi connectivity index (χ3v) is 4.84. The van der Waals surface area contributed by atoms with Crippen LogP contribution in [0.1, 0.15) is 0 Å². The Morgan fingerprint density at radius 3 is 2.79 bits per heavy atom. The fourth-order valence-electron chi connectivity index (χ4n) is 3.32. The number of morpholine rings is 1. The lowest BCUT2D eigenvalue weighted by atomic mass is 10.2. The van der Waals surface area contributed by atoms with Gasteiger partial charge in [0.15, 0.2) is 0 Å². The van der Waals surface area contributed by atoms with Gasteiger partial charge in [0.2, 0.25) is 5.95 Å². The SMILES string of the molecule is Nc1ccc(-c2cc(Nc3cccc4[nH]ncc34)nc(N3CCOCC3)n2)cn1. The molecule has 1 aromatic carbocycles. The number of benzene rings is 1. The molecule has 4 heterocycles. The van der Waals surface area contributed by atoms with Gasteiger partial charge in [-0.3, -0.25) is 5.10 Å². The smallest absolute Gasteiger partial charge is 0.228 e. The van der Waals surface area contributed by atoms with Gasteiger partial charge in [-0.1, -0.05) is 6.07 Å². The van der Waals surface area contributed by atoms with Crippen LogP contribution in [0.3, 0.4) is 0 Å². The predicted molar refractivity (Wildman–Crippen MR) is 112 cm³/mol. The summed E-state index contributed by atoms with van der Waals surface area (Å²) in [6.45, 7) is 2.82. The Labute approximate surface area is 167 Å². The summed E-state index contributed by atoms with van der Waals surface area (Å²) >= 11 is 0. The summed E-state index contributed by atoms with van der Waals surface area (Å²) < 4.78 is 5.47. The van der Waals surface area contributed by atoms with Crippen LogP contribution in [0.15, 0.2) is 48.8 Å². The molecule has 9 heteroatoms. The van der Waals surface area contributed by atoms with Crippen molar-refractivity contribution in [3.8, 4) is 11.3 Å². The standard InChI is InChI=1S/C20H20N8O/c21-18-5-4-13(11-22-18)17-10-19(26-20(25-17)28-6-8-29-9-7-28)24-15-2-1-3-16-14(15)12-23-27-16/h1-5,10-12H,6-9H2,(H2,21,22)(H,23,27)(H,24,25,26). The van der Waals surface area contributed by atoms with E-state index in [0.29, 0.717) is 30.8 Å². The van der Waals surface area contributed by atoms with Gasteiger partial charge in [-0.15, -0.1) is 0 Å². The topological polar surface area (TPSA) is 118 Å². The van der Waals surface area contributed by atoms with Gasteiger partial charge in [0.25, 0.3) is 0 Å². The molecule has 4 N–H and O–H groups in total. The van der Waals surface area contributed by atoms with E-state index in [4.69, 9.17) is 20.4 Å². The molecule has 5 rings (SSSR count). The predicted octanol–water partition coefficient (Wildman–Crippen LogP) is 2.58. The van der Waals surface area contributed by atoms with Gasteiger partial charge in [-0.25, -0.2) is 9.97 Å². The van der Waals surface area contributed by atoms with E-state index >= 15 is 0 Å². The van der Waals surface area contributed by atoms with Crippen molar-refractivity contribution < 1.29 is 4.74 Å². The molecular formula is C20H20N8O. The minimum absolute atomic E-state index is 0.473. The Morgan fingerprint density at radius 1 is 1.07 bits per heavy atom. The Bertz CT molecular complexity index is 1130. The first kappa shape index (κ1) is 17.4. The monoisotopic (exact) mass is 388 g/mol. The number of rotatable bonds is 4. The van der Waals surface area contributed by atoms with E-state index in [1.165, 1.54) is 0 Å². The van der Waals surface area contributed by atoms with Crippen LogP contribution in [-0.2, 0) is 4.74 Å². The van der Waals surface area contributed by atoms with Gasteiger partial charge in [0, 0.05) is 36.3 Å². The van der Waals surface area contributed by atoms with Crippen molar-refractivity contribution in [3.63, 3.8) is 0 Å². The van der Waals surface area contributed by atoms with E-state index in [-0.39, 0.29) is 0 Å². The number of fused-ring (bicyclic) bond motifs is 1. The first-order valence-electron chi connectivity index (χ1n) is 9.39. The maximum absolute atomic E-state index is 5.74. The summed E-state index contributed by atoms with van der Waals surface area (Å²) in [5.74, 6) is 1.83. The highest BCUT2D eigenvalue weighted by atomic mass is 16.5. The second-order valence-corrected chi connectivity index (χ2v) is 6.77. The zero-order valence-corrected chi connectivity index (χ0v) is 15.7. The molecule has 1 aliphatic rings. The van der Waals surface area contributed by atoms with Gasteiger partial charge in [-0.2, -0.15) is 10.1 Å². The van der Waals surface area contributed by atoms with E-state index in [9.17, 15) is 0 Å². The second-order valence-electron chi connectivity index (χ2n) is 6.77. The number of nitrogen functional groups attached to an aromatic ring is 1. The summed E-state index contributed by atoms with van der Waals surface area (Å²) in [5.41, 5.74) is 9.27. The average molecular weight is 388 g/mol. The molecule has 146 valence electrons. The number of aromatic amines is 1. The van der Waals surface area contributed by atoms with E-state index in [1.807, 2.05) is 30.3 Å². The molecule has 29 heavy (non-hydrogen) atoms. The fourth-order valence-corrected chi connectivity index (χ4v) is 3.32. The largest absolute Gasteiger partial charge is 0.384 e. The lowest BCUT2D eigenvalue weighted by Gasteiger charge is -2.27. The van der Waals surface area contributed by atoms with E-state index in [0.717, 1.165) is 40.9 Å². The minimum Gasteiger partial charge on any atom is -0.384 e. The van der Waals surface area contributed by atoms with Crippen LogP contribution in [0.25, 0.3) is 22.2 Å². The third-order valence-electron chi connectivity index (χ3n) is 4.84. The van der Waals surface area contributed by atoms with Crippen LogP contribution >= 0.6 is 0 Å². The molecule has 0 amide bonds. The Morgan fingerprint density at radius 2 is 1.97 bits per heavy atom. The van der Waals surface area contributed by atoms with E-state index in [1.54, 1.807) is 18.5 Å². The number of hydrogen-bond donors (Lipinski definition) is 3. The first-order chi connectivity index (χ1) is 14.3. The molecule has 0 radical (unpaired) electrons. The number of ether oxygens (including phenoxy) is 1. The molecule has 0 spiro atoms. The van der Waals surface area contributed by atoms with Gasteiger partial charge in [-0.05, 0) is 24.3 Å². The Kier molecular flexibility index (Phi) is 4.41. The summed E-state index contributed by atoms with van der Waals surface area (Å²) in [6.07, 6.45) is 3.52. The van der Waals surface area contributed by atoms with Crippen molar-refractivity contribution in [2.75, 3.05) is 42.3 Å². The molecule has 1 fully saturated rings. The van der Waals surface area contributed by atoms with Crippen LogP contribution in [-0.4, -0.2) is 51.5 Å². The van der Waals surface area contributed by atoms with Crippen LogP contribution < -0.4 is 16.0 Å². The molecular weight excluding hydrogens is 368 g/mol. The van der Waals surface area contributed by atoms with Crippen molar-refractivity contribution in [2.45, 2.75) is 0 Å². The number of nitrogens with two attached hydrogens (primary N) is 1.